The number of rotatable bonds is 2. The van der Waals surface area contributed by atoms with Crippen LogP contribution in [0.15, 0.2) is 35.1 Å². The van der Waals surface area contributed by atoms with Gasteiger partial charge in [-0.1, -0.05) is 12.1 Å². The zero-order chi connectivity index (χ0) is 16.7. The minimum Gasteiger partial charge on any atom is -0.298 e. The molecule has 0 amide bonds. The lowest BCUT2D eigenvalue weighted by molar-refractivity contribution is 0.278. The minimum atomic E-state index is -0.218. The Kier molecular flexibility index (Phi) is 4.92. The van der Waals surface area contributed by atoms with E-state index in [1.807, 2.05) is 25.1 Å². The maximum atomic E-state index is 13.0. The van der Waals surface area contributed by atoms with Crippen LogP contribution in [0, 0.1) is 12.7 Å². The summed E-state index contributed by atoms with van der Waals surface area (Å²) in [6.45, 7) is 4.32. The largest absolute Gasteiger partial charge is 0.298 e. The Morgan fingerprint density at radius 2 is 1.92 bits per heavy atom. The molecule has 4 rings (SSSR count). The number of aromatic amines is 1. The highest BCUT2D eigenvalue weighted by atomic mass is 35.5. The van der Waals surface area contributed by atoms with Crippen molar-refractivity contribution in [1.29, 1.82) is 0 Å². The van der Waals surface area contributed by atoms with E-state index in [0.29, 0.717) is 12.1 Å². The fourth-order valence-corrected chi connectivity index (χ4v) is 3.34. The standard InChI is InChI=1S/C18H19FN4O.ClH/c1-12-10-17-20-16-7-9-22(11-13-2-4-14(19)5-3-13)8-6-15(16)18(24)23(17)21-12;/h2-5,10,21H,6-9,11H2,1H3;1H. The Labute approximate surface area is 150 Å². The van der Waals surface area contributed by atoms with E-state index in [1.165, 1.54) is 16.6 Å². The summed E-state index contributed by atoms with van der Waals surface area (Å²) in [5, 5.41) is 3.05. The highest BCUT2D eigenvalue weighted by molar-refractivity contribution is 5.85. The fraction of sp³-hybridized carbons (Fsp3) is 0.333. The quantitative estimate of drug-likeness (QED) is 0.762. The third-order valence-corrected chi connectivity index (χ3v) is 4.58. The molecule has 0 saturated heterocycles. The molecule has 132 valence electrons. The van der Waals surface area contributed by atoms with Crippen LogP contribution in [-0.4, -0.2) is 32.6 Å². The van der Waals surface area contributed by atoms with Crippen LogP contribution in [-0.2, 0) is 19.4 Å². The third kappa shape index (κ3) is 3.45. The number of halogens is 2. The lowest BCUT2D eigenvalue weighted by atomic mass is 10.1. The molecule has 0 radical (unpaired) electrons. The molecule has 0 fully saturated rings. The van der Waals surface area contributed by atoms with E-state index < -0.39 is 0 Å². The van der Waals surface area contributed by atoms with Crippen molar-refractivity contribution in [1.82, 2.24) is 19.5 Å². The van der Waals surface area contributed by atoms with Gasteiger partial charge in [0.15, 0.2) is 5.65 Å². The Bertz CT molecular complexity index is 948. The first-order chi connectivity index (χ1) is 11.6. The summed E-state index contributed by atoms with van der Waals surface area (Å²) in [4.78, 5) is 19.6. The molecule has 1 aromatic carbocycles. The smallest absolute Gasteiger partial charge is 0.276 e. The summed E-state index contributed by atoms with van der Waals surface area (Å²) < 4.78 is 14.6. The highest BCUT2D eigenvalue weighted by Crippen LogP contribution is 2.15. The Morgan fingerprint density at radius 3 is 2.68 bits per heavy atom. The molecule has 7 heteroatoms. The van der Waals surface area contributed by atoms with Gasteiger partial charge in [0.05, 0.1) is 5.69 Å². The molecule has 0 aliphatic carbocycles. The van der Waals surface area contributed by atoms with E-state index >= 15 is 0 Å². The number of H-pyrrole nitrogens is 1. The molecular formula is C18H20ClFN4O. The Hall–Kier alpha value is -2.18. The summed E-state index contributed by atoms with van der Waals surface area (Å²) in [6, 6.07) is 8.49. The molecule has 0 unspecified atom stereocenters. The van der Waals surface area contributed by atoms with Gasteiger partial charge in [-0.2, -0.15) is 0 Å². The fourth-order valence-electron chi connectivity index (χ4n) is 3.34. The van der Waals surface area contributed by atoms with Gasteiger partial charge in [0.25, 0.3) is 5.56 Å². The first kappa shape index (κ1) is 17.6. The molecule has 0 spiro atoms. The van der Waals surface area contributed by atoms with Crippen LogP contribution >= 0.6 is 12.4 Å². The van der Waals surface area contributed by atoms with Gasteiger partial charge in [-0.05, 0) is 31.0 Å². The van der Waals surface area contributed by atoms with Crippen LogP contribution in [0.2, 0.25) is 0 Å². The molecule has 1 N–H and O–H groups in total. The second-order valence-corrected chi connectivity index (χ2v) is 6.38. The highest BCUT2D eigenvalue weighted by Gasteiger charge is 2.20. The number of benzene rings is 1. The molecule has 2 aromatic heterocycles. The molecule has 0 bridgehead atoms. The van der Waals surface area contributed by atoms with Crippen molar-refractivity contribution in [3.63, 3.8) is 0 Å². The first-order valence-electron chi connectivity index (χ1n) is 8.17. The average Bonchev–Trinajstić information content (AvgIpc) is 2.82. The van der Waals surface area contributed by atoms with Gasteiger partial charge in [0.2, 0.25) is 0 Å². The van der Waals surface area contributed by atoms with Crippen LogP contribution in [0.3, 0.4) is 0 Å². The molecule has 0 saturated carbocycles. The SMILES string of the molecule is Cc1cc2nc3c(c(=O)n2[nH]1)CCN(Cc1ccc(F)cc1)CC3.Cl. The van der Waals surface area contributed by atoms with E-state index in [0.717, 1.165) is 48.6 Å². The normalized spacial score (nSPS) is 14.8. The van der Waals surface area contributed by atoms with Gasteiger partial charge >= 0.3 is 0 Å². The van der Waals surface area contributed by atoms with Gasteiger partial charge in [0.1, 0.15) is 5.82 Å². The second kappa shape index (κ2) is 6.98. The Morgan fingerprint density at radius 1 is 1.20 bits per heavy atom. The van der Waals surface area contributed by atoms with Gasteiger partial charge in [0, 0.05) is 43.4 Å². The zero-order valence-corrected chi connectivity index (χ0v) is 14.8. The lowest BCUT2D eigenvalue weighted by Crippen LogP contribution is -2.26. The maximum absolute atomic E-state index is 13.0. The van der Waals surface area contributed by atoms with Gasteiger partial charge in [-0.3, -0.25) is 14.8 Å². The summed E-state index contributed by atoms with van der Waals surface area (Å²) >= 11 is 0. The summed E-state index contributed by atoms with van der Waals surface area (Å²) in [5.74, 6) is -0.218. The van der Waals surface area contributed by atoms with Crippen molar-refractivity contribution in [3.05, 3.63) is 69.0 Å². The second-order valence-electron chi connectivity index (χ2n) is 6.38. The van der Waals surface area contributed by atoms with Crippen LogP contribution in [0.5, 0.6) is 0 Å². The number of nitrogens with zero attached hydrogens (tertiary/aromatic N) is 3. The summed E-state index contributed by atoms with van der Waals surface area (Å²) in [5.41, 5.74) is 4.40. The number of fused-ring (bicyclic) bond motifs is 2. The van der Waals surface area contributed by atoms with Gasteiger partial charge in [-0.25, -0.2) is 13.9 Å². The number of hydrogen-bond donors (Lipinski definition) is 1. The summed E-state index contributed by atoms with van der Waals surface area (Å²) in [7, 11) is 0. The average molecular weight is 363 g/mol. The van der Waals surface area contributed by atoms with Crippen molar-refractivity contribution in [2.24, 2.45) is 0 Å². The summed E-state index contributed by atoms with van der Waals surface area (Å²) in [6.07, 6.45) is 1.44. The molecule has 3 aromatic rings. The van der Waals surface area contributed by atoms with E-state index in [9.17, 15) is 9.18 Å². The molecular weight excluding hydrogens is 343 g/mol. The predicted molar refractivity (Wildman–Crippen MR) is 96.9 cm³/mol. The molecule has 1 aliphatic rings. The predicted octanol–water partition coefficient (Wildman–Crippen LogP) is 2.49. The van der Waals surface area contributed by atoms with Crippen molar-refractivity contribution in [2.45, 2.75) is 26.3 Å². The van der Waals surface area contributed by atoms with Crippen molar-refractivity contribution < 1.29 is 4.39 Å². The van der Waals surface area contributed by atoms with E-state index in [1.54, 1.807) is 0 Å². The Balaban J connectivity index is 0.00000182. The van der Waals surface area contributed by atoms with Crippen LogP contribution < -0.4 is 5.56 Å². The molecule has 5 nitrogen and oxygen atoms in total. The molecule has 0 atom stereocenters. The number of aromatic nitrogens is 3. The monoisotopic (exact) mass is 362 g/mol. The van der Waals surface area contributed by atoms with Crippen LogP contribution in [0.4, 0.5) is 4.39 Å². The zero-order valence-electron chi connectivity index (χ0n) is 14.0. The van der Waals surface area contributed by atoms with Crippen molar-refractivity contribution in [2.75, 3.05) is 13.1 Å². The minimum absolute atomic E-state index is 0. The van der Waals surface area contributed by atoms with E-state index in [-0.39, 0.29) is 23.8 Å². The number of hydrogen-bond acceptors (Lipinski definition) is 3. The molecule has 3 heterocycles. The molecule has 25 heavy (non-hydrogen) atoms. The van der Waals surface area contributed by atoms with Crippen LogP contribution in [0.1, 0.15) is 22.5 Å². The van der Waals surface area contributed by atoms with Crippen molar-refractivity contribution >= 4 is 18.1 Å². The van der Waals surface area contributed by atoms with Crippen molar-refractivity contribution in [3.8, 4) is 0 Å². The van der Waals surface area contributed by atoms with E-state index in [2.05, 4.69) is 15.0 Å². The third-order valence-electron chi connectivity index (χ3n) is 4.58. The number of nitrogens with one attached hydrogen (secondary N) is 1. The van der Waals surface area contributed by atoms with Gasteiger partial charge < -0.3 is 0 Å². The lowest BCUT2D eigenvalue weighted by Gasteiger charge is -2.19. The first-order valence-corrected chi connectivity index (χ1v) is 8.17. The maximum Gasteiger partial charge on any atom is 0.276 e. The molecule has 1 aliphatic heterocycles. The number of aryl methyl sites for hydroxylation is 1. The van der Waals surface area contributed by atoms with E-state index in [4.69, 9.17) is 0 Å². The van der Waals surface area contributed by atoms with Crippen LogP contribution in [0.25, 0.3) is 5.65 Å². The topological polar surface area (TPSA) is 53.4 Å². The van der Waals surface area contributed by atoms with Gasteiger partial charge in [-0.15, -0.1) is 12.4 Å².